The van der Waals surface area contributed by atoms with Crippen LogP contribution in [0.1, 0.15) is 17.2 Å². The van der Waals surface area contributed by atoms with Gasteiger partial charge in [-0.1, -0.05) is 29.8 Å². The molecule has 1 unspecified atom stereocenters. The molecular formula is C12H8ClN3. The molecule has 0 aliphatic carbocycles. The first-order valence-corrected chi connectivity index (χ1v) is 5.10. The quantitative estimate of drug-likeness (QED) is 0.796. The predicted octanol–water partition coefficient (Wildman–Crippen LogP) is 2.79. The topological polar surface area (TPSA) is 49.6 Å². The van der Waals surface area contributed by atoms with Gasteiger partial charge in [0.05, 0.1) is 11.8 Å². The SMILES string of the molecule is N#CC(c1ccncn1)c1ccccc1Cl. The fraction of sp³-hybridized carbons (Fsp3) is 0.0833. The van der Waals surface area contributed by atoms with Gasteiger partial charge < -0.3 is 0 Å². The molecule has 4 heteroatoms. The summed E-state index contributed by atoms with van der Waals surface area (Å²) in [5.74, 6) is -0.448. The number of benzene rings is 1. The summed E-state index contributed by atoms with van der Waals surface area (Å²) in [5, 5.41) is 9.76. The minimum atomic E-state index is -0.448. The smallest absolute Gasteiger partial charge is 0.115 e. The molecule has 1 heterocycles. The van der Waals surface area contributed by atoms with Gasteiger partial charge in [0.1, 0.15) is 12.2 Å². The van der Waals surface area contributed by atoms with Gasteiger partial charge in [0.25, 0.3) is 0 Å². The Kier molecular flexibility index (Phi) is 3.13. The Morgan fingerprint density at radius 2 is 2.06 bits per heavy atom. The summed E-state index contributed by atoms with van der Waals surface area (Å²) in [6.45, 7) is 0. The summed E-state index contributed by atoms with van der Waals surface area (Å²) in [6, 6.07) is 11.2. The monoisotopic (exact) mass is 229 g/mol. The molecule has 0 aliphatic rings. The van der Waals surface area contributed by atoms with Crippen molar-refractivity contribution in [1.29, 1.82) is 5.26 Å². The van der Waals surface area contributed by atoms with Crippen LogP contribution in [0.25, 0.3) is 0 Å². The number of nitriles is 1. The molecule has 0 spiro atoms. The molecule has 16 heavy (non-hydrogen) atoms. The Balaban J connectivity index is 2.47. The van der Waals surface area contributed by atoms with E-state index in [9.17, 15) is 5.26 Å². The first kappa shape index (κ1) is 10.6. The van der Waals surface area contributed by atoms with Crippen molar-refractivity contribution in [1.82, 2.24) is 9.97 Å². The number of hydrogen-bond acceptors (Lipinski definition) is 3. The molecule has 3 nitrogen and oxygen atoms in total. The molecule has 0 aliphatic heterocycles. The number of halogens is 1. The van der Waals surface area contributed by atoms with E-state index in [1.165, 1.54) is 6.33 Å². The zero-order chi connectivity index (χ0) is 11.4. The number of nitrogens with zero attached hydrogens (tertiary/aromatic N) is 3. The zero-order valence-electron chi connectivity index (χ0n) is 8.34. The van der Waals surface area contributed by atoms with E-state index in [1.807, 2.05) is 18.2 Å². The van der Waals surface area contributed by atoms with Gasteiger partial charge in [0.2, 0.25) is 0 Å². The van der Waals surface area contributed by atoms with E-state index in [0.29, 0.717) is 10.7 Å². The summed E-state index contributed by atoms with van der Waals surface area (Å²) in [5.41, 5.74) is 1.43. The van der Waals surface area contributed by atoms with Crippen LogP contribution in [-0.2, 0) is 0 Å². The van der Waals surface area contributed by atoms with E-state index >= 15 is 0 Å². The normalized spacial score (nSPS) is 11.8. The van der Waals surface area contributed by atoms with Crippen LogP contribution >= 0.6 is 11.6 Å². The summed E-state index contributed by atoms with van der Waals surface area (Å²) in [4.78, 5) is 7.90. The van der Waals surface area contributed by atoms with E-state index < -0.39 is 5.92 Å². The van der Waals surface area contributed by atoms with Gasteiger partial charge >= 0.3 is 0 Å². The standard InChI is InChI=1S/C12H8ClN3/c13-11-4-2-1-3-9(11)10(7-14)12-5-6-15-8-16-12/h1-6,8,10H. The number of hydrogen-bond donors (Lipinski definition) is 0. The lowest BCUT2D eigenvalue weighted by molar-refractivity contribution is 0.943. The van der Waals surface area contributed by atoms with Crippen LogP contribution in [-0.4, -0.2) is 9.97 Å². The largest absolute Gasteiger partial charge is 0.245 e. The highest BCUT2D eigenvalue weighted by Crippen LogP contribution is 2.27. The van der Waals surface area contributed by atoms with Gasteiger partial charge in [-0.2, -0.15) is 5.26 Å². The molecule has 0 saturated carbocycles. The van der Waals surface area contributed by atoms with E-state index in [2.05, 4.69) is 16.0 Å². The van der Waals surface area contributed by atoms with Crippen molar-refractivity contribution < 1.29 is 0 Å². The average molecular weight is 230 g/mol. The Morgan fingerprint density at radius 3 is 2.69 bits per heavy atom. The van der Waals surface area contributed by atoms with Crippen molar-refractivity contribution in [2.24, 2.45) is 0 Å². The van der Waals surface area contributed by atoms with Crippen LogP contribution in [0.15, 0.2) is 42.9 Å². The van der Waals surface area contributed by atoms with Gasteiger partial charge in [-0.25, -0.2) is 9.97 Å². The lowest BCUT2D eigenvalue weighted by Crippen LogP contribution is -2.01. The molecule has 2 rings (SSSR count). The fourth-order valence-corrected chi connectivity index (χ4v) is 1.72. The highest BCUT2D eigenvalue weighted by Gasteiger charge is 2.16. The van der Waals surface area contributed by atoms with Gasteiger partial charge in [0.15, 0.2) is 0 Å². The van der Waals surface area contributed by atoms with Crippen LogP contribution in [0.3, 0.4) is 0 Å². The molecule has 1 aromatic heterocycles. The first-order chi connectivity index (χ1) is 7.83. The maximum atomic E-state index is 9.19. The van der Waals surface area contributed by atoms with Gasteiger partial charge in [0, 0.05) is 11.2 Å². The van der Waals surface area contributed by atoms with Crippen molar-refractivity contribution >= 4 is 11.6 Å². The maximum Gasteiger partial charge on any atom is 0.115 e. The Hall–Kier alpha value is -1.92. The Bertz CT molecular complexity index is 519. The second-order valence-corrected chi connectivity index (χ2v) is 3.63. The summed E-state index contributed by atoms with van der Waals surface area (Å²) in [7, 11) is 0. The second-order valence-electron chi connectivity index (χ2n) is 3.22. The van der Waals surface area contributed by atoms with Crippen molar-refractivity contribution in [3.63, 3.8) is 0 Å². The Labute approximate surface area is 98.4 Å². The molecule has 1 aromatic carbocycles. The van der Waals surface area contributed by atoms with Crippen LogP contribution in [0.5, 0.6) is 0 Å². The predicted molar refractivity (Wildman–Crippen MR) is 60.9 cm³/mol. The molecule has 0 saturated heterocycles. The minimum absolute atomic E-state index is 0.448. The maximum absolute atomic E-state index is 9.19. The lowest BCUT2D eigenvalue weighted by atomic mass is 9.97. The van der Waals surface area contributed by atoms with E-state index in [1.54, 1.807) is 18.3 Å². The molecule has 78 valence electrons. The van der Waals surface area contributed by atoms with E-state index in [0.717, 1.165) is 5.56 Å². The van der Waals surface area contributed by atoms with Crippen LogP contribution < -0.4 is 0 Å². The molecule has 0 N–H and O–H groups in total. The third-order valence-corrected chi connectivity index (χ3v) is 2.59. The highest BCUT2D eigenvalue weighted by atomic mass is 35.5. The van der Waals surface area contributed by atoms with Crippen LogP contribution in [0.2, 0.25) is 5.02 Å². The molecule has 1 atom stereocenters. The lowest BCUT2D eigenvalue weighted by Gasteiger charge is -2.09. The highest BCUT2D eigenvalue weighted by molar-refractivity contribution is 6.31. The molecule has 0 bridgehead atoms. The molecular weight excluding hydrogens is 222 g/mol. The van der Waals surface area contributed by atoms with Gasteiger partial charge in [-0.15, -0.1) is 0 Å². The summed E-state index contributed by atoms with van der Waals surface area (Å²) < 4.78 is 0. The fourth-order valence-electron chi connectivity index (χ4n) is 1.48. The Morgan fingerprint density at radius 1 is 1.25 bits per heavy atom. The zero-order valence-corrected chi connectivity index (χ0v) is 9.09. The summed E-state index contributed by atoms with van der Waals surface area (Å²) >= 11 is 6.05. The van der Waals surface area contributed by atoms with Crippen molar-refractivity contribution in [2.75, 3.05) is 0 Å². The first-order valence-electron chi connectivity index (χ1n) is 4.73. The molecule has 2 aromatic rings. The third kappa shape index (κ3) is 2.02. The summed E-state index contributed by atoms with van der Waals surface area (Å²) in [6.07, 6.45) is 3.04. The second kappa shape index (κ2) is 4.73. The van der Waals surface area contributed by atoms with Crippen molar-refractivity contribution in [3.8, 4) is 6.07 Å². The molecule has 0 radical (unpaired) electrons. The molecule has 0 fully saturated rings. The number of aromatic nitrogens is 2. The van der Waals surface area contributed by atoms with Crippen molar-refractivity contribution in [3.05, 3.63) is 59.1 Å². The van der Waals surface area contributed by atoms with E-state index in [-0.39, 0.29) is 0 Å². The third-order valence-electron chi connectivity index (χ3n) is 2.25. The molecule has 0 amide bonds. The minimum Gasteiger partial charge on any atom is -0.245 e. The van der Waals surface area contributed by atoms with Crippen LogP contribution in [0.4, 0.5) is 0 Å². The van der Waals surface area contributed by atoms with Crippen molar-refractivity contribution in [2.45, 2.75) is 5.92 Å². The van der Waals surface area contributed by atoms with Crippen LogP contribution in [0, 0.1) is 11.3 Å². The van der Waals surface area contributed by atoms with Gasteiger partial charge in [-0.05, 0) is 17.7 Å². The number of rotatable bonds is 2. The van der Waals surface area contributed by atoms with Gasteiger partial charge in [-0.3, -0.25) is 0 Å². The van der Waals surface area contributed by atoms with E-state index in [4.69, 9.17) is 11.6 Å². The average Bonchev–Trinajstić information content (AvgIpc) is 2.34.